The molecule has 0 aliphatic rings. The second kappa shape index (κ2) is 6.89. The summed E-state index contributed by atoms with van der Waals surface area (Å²) in [6.07, 6.45) is 2.95. The van der Waals surface area contributed by atoms with E-state index < -0.39 is 0 Å². The quantitative estimate of drug-likeness (QED) is 0.374. The van der Waals surface area contributed by atoms with Crippen molar-refractivity contribution in [1.29, 1.82) is 0 Å². The highest BCUT2D eigenvalue weighted by Gasteiger charge is 1.80. The minimum atomic E-state index is 0.955. The van der Waals surface area contributed by atoms with Gasteiger partial charge in [-0.05, 0) is 13.3 Å². The van der Waals surface area contributed by atoms with Gasteiger partial charge in [0.1, 0.15) is 0 Å². The SMILES string of the molecule is C=C(C)CCC#CCCBr. The van der Waals surface area contributed by atoms with Gasteiger partial charge >= 0.3 is 0 Å². The van der Waals surface area contributed by atoms with Gasteiger partial charge in [-0.1, -0.05) is 21.5 Å². The summed E-state index contributed by atoms with van der Waals surface area (Å²) in [7, 11) is 0. The molecule has 0 aliphatic heterocycles. The van der Waals surface area contributed by atoms with E-state index in [4.69, 9.17) is 0 Å². The molecule has 0 aromatic heterocycles. The highest BCUT2D eigenvalue weighted by Crippen LogP contribution is 1.98. The maximum atomic E-state index is 3.80. The Labute approximate surface area is 71.8 Å². The molecular formula is C9H13Br. The average molecular weight is 201 g/mol. The van der Waals surface area contributed by atoms with Crippen LogP contribution in [0.2, 0.25) is 0 Å². The van der Waals surface area contributed by atoms with Crippen molar-refractivity contribution in [3.05, 3.63) is 12.2 Å². The zero-order valence-electron chi connectivity index (χ0n) is 6.41. The Hall–Kier alpha value is -0.220. The first kappa shape index (κ1) is 9.78. The number of hydrogen-bond acceptors (Lipinski definition) is 0. The van der Waals surface area contributed by atoms with Gasteiger partial charge in [0.2, 0.25) is 0 Å². The van der Waals surface area contributed by atoms with Gasteiger partial charge in [-0.25, -0.2) is 0 Å². The van der Waals surface area contributed by atoms with E-state index in [0.29, 0.717) is 0 Å². The fourth-order valence-electron chi connectivity index (χ4n) is 0.500. The zero-order valence-corrected chi connectivity index (χ0v) is 8.00. The van der Waals surface area contributed by atoms with Gasteiger partial charge in [-0.2, -0.15) is 0 Å². The van der Waals surface area contributed by atoms with E-state index in [1.165, 1.54) is 5.57 Å². The van der Waals surface area contributed by atoms with Crippen LogP contribution in [0.4, 0.5) is 0 Å². The summed E-state index contributed by atoms with van der Waals surface area (Å²) in [6.45, 7) is 5.83. The molecule has 0 rings (SSSR count). The Morgan fingerprint density at radius 1 is 1.40 bits per heavy atom. The summed E-state index contributed by atoms with van der Waals surface area (Å²) in [5.41, 5.74) is 1.22. The third-order valence-electron chi connectivity index (χ3n) is 1.02. The molecule has 0 saturated heterocycles. The first-order chi connectivity index (χ1) is 4.77. The van der Waals surface area contributed by atoms with E-state index >= 15 is 0 Å². The monoisotopic (exact) mass is 200 g/mol. The van der Waals surface area contributed by atoms with Gasteiger partial charge in [0, 0.05) is 18.2 Å². The van der Waals surface area contributed by atoms with E-state index in [2.05, 4.69) is 34.3 Å². The molecule has 0 spiro atoms. The van der Waals surface area contributed by atoms with Gasteiger partial charge in [-0.3, -0.25) is 0 Å². The summed E-state index contributed by atoms with van der Waals surface area (Å²) in [4.78, 5) is 0. The summed E-state index contributed by atoms with van der Waals surface area (Å²) >= 11 is 3.31. The van der Waals surface area contributed by atoms with E-state index in [1.54, 1.807) is 0 Å². The summed E-state index contributed by atoms with van der Waals surface area (Å²) in [6, 6.07) is 0. The minimum absolute atomic E-state index is 0.955. The standard InChI is InChI=1S/C9H13Br/c1-9(2)7-5-3-4-6-8-10/h1,5-8H2,2H3. The van der Waals surface area contributed by atoms with Crippen LogP contribution in [0.15, 0.2) is 12.2 Å². The molecule has 0 atom stereocenters. The molecule has 0 aliphatic carbocycles. The van der Waals surface area contributed by atoms with Gasteiger partial charge in [0.05, 0.1) is 0 Å². The molecule has 0 N–H and O–H groups in total. The first-order valence-corrected chi connectivity index (χ1v) is 4.55. The van der Waals surface area contributed by atoms with Crippen LogP contribution >= 0.6 is 15.9 Å². The highest BCUT2D eigenvalue weighted by atomic mass is 79.9. The van der Waals surface area contributed by atoms with Crippen molar-refractivity contribution in [2.24, 2.45) is 0 Å². The second-order valence-electron chi connectivity index (χ2n) is 2.25. The number of alkyl halides is 1. The molecule has 0 radical (unpaired) electrons. The fraction of sp³-hybridized carbons (Fsp3) is 0.556. The summed E-state index contributed by atoms with van der Waals surface area (Å²) < 4.78 is 0. The Morgan fingerprint density at radius 2 is 2.00 bits per heavy atom. The van der Waals surface area contributed by atoms with E-state index in [9.17, 15) is 0 Å². The van der Waals surface area contributed by atoms with Crippen LogP contribution in [-0.2, 0) is 0 Å². The molecule has 0 heterocycles. The largest absolute Gasteiger partial charge is 0.103 e. The molecule has 0 aromatic rings. The summed E-state index contributed by atoms with van der Waals surface area (Å²) in [5, 5.41) is 0.979. The molecular weight excluding hydrogens is 188 g/mol. The van der Waals surface area contributed by atoms with Crippen molar-refractivity contribution >= 4 is 15.9 Å². The van der Waals surface area contributed by atoms with Gasteiger partial charge < -0.3 is 0 Å². The fourth-order valence-corrected chi connectivity index (χ4v) is 0.698. The molecule has 0 amide bonds. The van der Waals surface area contributed by atoms with Crippen molar-refractivity contribution in [1.82, 2.24) is 0 Å². The van der Waals surface area contributed by atoms with Crippen LogP contribution in [0, 0.1) is 11.8 Å². The van der Waals surface area contributed by atoms with Crippen LogP contribution in [0.25, 0.3) is 0 Å². The summed E-state index contributed by atoms with van der Waals surface area (Å²) in [5.74, 6) is 6.13. The van der Waals surface area contributed by atoms with Crippen LogP contribution in [0.1, 0.15) is 26.2 Å². The molecule has 0 aromatic carbocycles. The van der Waals surface area contributed by atoms with Crippen LogP contribution in [0.5, 0.6) is 0 Å². The lowest BCUT2D eigenvalue weighted by atomic mass is 10.2. The predicted octanol–water partition coefficient (Wildman–Crippen LogP) is 3.13. The third kappa shape index (κ3) is 7.78. The van der Waals surface area contributed by atoms with Crippen molar-refractivity contribution in [3.63, 3.8) is 0 Å². The van der Waals surface area contributed by atoms with Crippen LogP contribution < -0.4 is 0 Å². The molecule has 0 unspecified atom stereocenters. The van der Waals surface area contributed by atoms with Gasteiger partial charge in [0.25, 0.3) is 0 Å². The number of rotatable bonds is 3. The number of allylic oxidation sites excluding steroid dienone is 1. The molecule has 0 nitrogen and oxygen atoms in total. The lowest BCUT2D eigenvalue weighted by molar-refractivity contribution is 1.01. The Kier molecular flexibility index (Phi) is 6.74. The molecule has 1 heteroatoms. The van der Waals surface area contributed by atoms with E-state index in [1.807, 2.05) is 6.92 Å². The van der Waals surface area contributed by atoms with E-state index in [-0.39, 0.29) is 0 Å². The lowest BCUT2D eigenvalue weighted by Crippen LogP contribution is -1.72. The van der Waals surface area contributed by atoms with Crippen molar-refractivity contribution in [2.75, 3.05) is 5.33 Å². The van der Waals surface area contributed by atoms with Crippen molar-refractivity contribution in [3.8, 4) is 11.8 Å². The van der Waals surface area contributed by atoms with Crippen LogP contribution in [-0.4, -0.2) is 5.33 Å². The third-order valence-corrected chi connectivity index (χ3v) is 1.42. The Balaban J connectivity index is 3.20. The predicted molar refractivity (Wildman–Crippen MR) is 50.2 cm³/mol. The smallest absolute Gasteiger partial charge is 0.0186 e. The molecule has 10 heavy (non-hydrogen) atoms. The molecule has 0 saturated carbocycles. The van der Waals surface area contributed by atoms with Crippen molar-refractivity contribution < 1.29 is 0 Å². The molecule has 0 fully saturated rings. The van der Waals surface area contributed by atoms with Crippen molar-refractivity contribution in [2.45, 2.75) is 26.2 Å². The van der Waals surface area contributed by atoms with Gasteiger partial charge in [0.15, 0.2) is 0 Å². The number of hydrogen-bond donors (Lipinski definition) is 0. The normalized spacial score (nSPS) is 8.20. The number of halogens is 1. The average Bonchev–Trinajstić information content (AvgIpc) is 1.87. The maximum absolute atomic E-state index is 3.80. The lowest BCUT2D eigenvalue weighted by Gasteiger charge is -1.88. The second-order valence-corrected chi connectivity index (χ2v) is 3.04. The Bertz CT molecular complexity index is 148. The maximum Gasteiger partial charge on any atom is 0.0186 e. The Morgan fingerprint density at radius 3 is 2.50 bits per heavy atom. The van der Waals surface area contributed by atoms with Crippen LogP contribution in [0.3, 0.4) is 0 Å². The topological polar surface area (TPSA) is 0 Å². The highest BCUT2D eigenvalue weighted by molar-refractivity contribution is 9.09. The zero-order chi connectivity index (χ0) is 7.82. The van der Waals surface area contributed by atoms with Gasteiger partial charge in [-0.15, -0.1) is 18.4 Å². The first-order valence-electron chi connectivity index (χ1n) is 3.43. The molecule has 56 valence electrons. The van der Waals surface area contributed by atoms with E-state index in [0.717, 1.165) is 24.6 Å². The minimum Gasteiger partial charge on any atom is -0.103 e. The molecule has 0 bridgehead atoms.